The van der Waals surface area contributed by atoms with E-state index in [-0.39, 0.29) is 0 Å². The van der Waals surface area contributed by atoms with E-state index in [1.807, 2.05) is 0 Å². The molecule has 15 heavy (non-hydrogen) atoms. The maximum Gasteiger partial charge on any atom is -0.00930 e. The van der Waals surface area contributed by atoms with Crippen LogP contribution in [0.1, 0.15) is 24.3 Å². The third-order valence-corrected chi connectivity index (χ3v) is 3.80. The Balaban J connectivity index is 1.90. The first-order chi connectivity index (χ1) is 7.45. The topological polar surface area (TPSA) is 0 Å². The van der Waals surface area contributed by atoms with Gasteiger partial charge in [0, 0.05) is 0 Å². The zero-order chi connectivity index (χ0) is 10.1. The maximum absolute atomic E-state index is 2.40. The Morgan fingerprint density at radius 1 is 0.867 bits per heavy atom. The fourth-order valence-electron chi connectivity index (χ4n) is 3.05. The summed E-state index contributed by atoms with van der Waals surface area (Å²) in [6.45, 7) is 0. The predicted molar refractivity (Wildman–Crippen MR) is 63.7 cm³/mol. The van der Waals surface area contributed by atoms with Crippen LogP contribution in [0, 0.1) is 11.8 Å². The van der Waals surface area contributed by atoms with Gasteiger partial charge >= 0.3 is 0 Å². The Hall–Kier alpha value is -1.30. The summed E-state index contributed by atoms with van der Waals surface area (Å²) in [6.07, 6.45) is 11.9. The first kappa shape index (κ1) is 8.96. The third kappa shape index (κ3) is 1.54. The van der Waals surface area contributed by atoms with Gasteiger partial charge < -0.3 is 0 Å². The van der Waals surface area contributed by atoms with Crippen LogP contribution in [-0.2, 0) is 0 Å². The highest BCUT2D eigenvalue weighted by Crippen LogP contribution is 2.45. The smallest absolute Gasteiger partial charge is 0.00930 e. The van der Waals surface area contributed by atoms with Gasteiger partial charge in [0.25, 0.3) is 0 Å². The van der Waals surface area contributed by atoms with Crippen LogP contribution in [0.5, 0.6) is 0 Å². The SMILES string of the molecule is C1=CC2CCC(c3ccccc3)C2C=C1. The molecule has 0 heteroatoms. The molecule has 3 unspecified atom stereocenters. The summed E-state index contributed by atoms with van der Waals surface area (Å²) < 4.78 is 0. The van der Waals surface area contributed by atoms with E-state index >= 15 is 0 Å². The summed E-state index contributed by atoms with van der Waals surface area (Å²) in [5, 5.41) is 0. The first-order valence-electron chi connectivity index (χ1n) is 5.85. The van der Waals surface area contributed by atoms with Crippen molar-refractivity contribution in [2.24, 2.45) is 11.8 Å². The Labute approximate surface area is 91.3 Å². The molecule has 3 rings (SSSR count). The molecule has 0 bridgehead atoms. The lowest BCUT2D eigenvalue weighted by Gasteiger charge is -2.22. The summed E-state index contributed by atoms with van der Waals surface area (Å²) in [4.78, 5) is 0. The molecule has 0 amide bonds. The van der Waals surface area contributed by atoms with Gasteiger partial charge in [-0.1, -0.05) is 54.6 Å². The molecule has 1 aromatic rings. The van der Waals surface area contributed by atoms with Crippen LogP contribution in [0.3, 0.4) is 0 Å². The molecule has 0 N–H and O–H groups in total. The molecule has 3 atom stereocenters. The Morgan fingerprint density at radius 3 is 2.53 bits per heavy atom. The quantitative estimate of drug-likeness (QED) is 0.638. The van der Waals surface area contributed by atoms with E-state index in [0.717, 1.165) is 17.8 Å². The highest BCUT2D eigenvalue weighted by atomic mass is 14.4. The van der Waals surface area contributed by atoms with Crippen LogP contribution in [0.4, 0.5) is 0 Å². The number of rotatable bonds is 1. The van der Waals surface area contributed by atoms with Crippen LogP contribution < -0.4 is 0 Å². The van der Waals surface area contributed by atoms with Gasteiger partial charge in [0.15, 0.2) is 0 Å². The average molecular weight is 196 g/mol. The maximum atomic E-state index is 2.40. The van der Waals surface area contributed by atoms with E-state index in [9.17, 15) is 0 Å². The van der Waals surface area contributed by atoms with Crippen molar-refractivity contribution in [2.75, 3.05) is 0 Å². The van der Waals surface area contributed by atoms with Gasteiger partial charge in [0.05, 0.1) is 0 Å². The van der Waals surface area contributed by atoms with Crippen molar-refractivity contribution in [3.05, 3.63) is 60.2 Å². The van der Waals surface area contributed by atoms with E-state index in [1.165, 1.54) is 18.4 Å². The molecule has 1 aromatic carbocycles. The summed E-state index contributed by atoms with van der Waals surface area (Å²) in [6, 6.07) is 11.0. The van der Waals surface area contributed by atoms with Crippen molar-refractivity contribution in [1.29, 1.82) is 0 Å². The molecule has 2 aliphatic rings. The number of benzene rings is 1. The van der Waals surface area contributed by atoms with Gasteiger partial charge in [-0.05, 0) is 36.2 Å². The molecule has 0 nitrogen and oxygen atoms in total. The zero-order valence-corrected chi connectivity index (χ0v) is 8.84. The van der Waals surface area contributed by atoms with Crippen LogP contribution in [0.25, 0.3) is 0 Å². The van der Waals surface area contributed by atoms with Crippen LogP contribution in [-0.4, -0.2) is 0 Å². The molecule has 1 saturated carbocycles. The number of hydrogen-bond acceptors (Lipinski definition) is 0. The van der Waals surface area contributed by atoms with Crippen LogP contribution in [0.2, 0.25) is 0 Å². The van der Waals surface area contributed by atoms with E-state index in [4.69, 9.17) is 0 Å². The summed E-state index contributed by atoms with van der Waals surface area (Å²) >= 11 is 0. The summed E-state index contributed by atoms with van der Waals surface area (Å²) in [7, 11) is 0. The minimum Gasteiger partial charge on any atom is -0.0808 e. The number of allylic oxidation sites excluding steroid dienone is 4. The minimum atomic E-state index is 0.748. The molecule has 0 aromatic heterocycles. The highest BCUT2D eigenvalue weighted by molar-refractivity contribution is 5.28. The van der Waals surface area contributed by atoms with Crippen molar-refractivity contribution in [3.8, 4) is 0 Å². The van der Waals surface area contributed by atoms with Gasteiger partial charge in [-0.25, -0.2) is 0 Å². The zero-order valence-electron chi connectivity index (χ0n) is 8.84. The molecule has 0 saturated heterocycles. The van der Waals surface area contributed by atoms with Gasteiger partial charge in [-0.2, -0.15) is 0 Å². The van der Waals surface area contributed by atoms with Crippen LogP contribution >= 0.6 is 0 Å². The van der Waals surface area contributed by atoms with E-state index in [2.05, 4.69) is 54.6 Å². The third-order valence-electron chi connectivity index (χ3n) is 3.80. The van der Waals surface area contributed by atoms with Gasteiger partial charge in [0.1, 0.15) is 0 Å². The monoisotopic (exact) mass is 196 g/mol. The lowest BCUT2D eigenvalue weighted by atomic mass is 9.83. The molecule has 2 aliphatic carbocycles. The minimum absolute atomic E-state index is 0.748. The Morgan fingerprint density at radius 2 is 1.67 bits per heavy atom. The summed E-state index contributed by atoms with van der Waals surface area (Å²) in [5.74, 6) is 2.29. The fraction of sp³-hybridized carbons (Fsp3) is 0.333. The Bertz CT molecular complexity index is 386. The van der Waals surface area contributed by atoms with Crippen molar-refractivity contribution in [3.63, 3.8) is 0 Å². The number of fused-ring (bicyclic) bond motifs is 1. The van der Waals surface area contributed by atoms with E-state index in [1.54, 1.807) is 0 Å². The number of hydrogen-bond donors (Lipinski definition) is 0. The first-order valence-corrected chi connectivity index (χ1v) is 5.85. The Kier molecular flexibility index (Phi) is 2.21. The van der Waals surface area contributed by atoms with Gasteiger partial charge in [-0.15, -0.1) is 0 Å². The fourth-order valence-corrected chi connectivity index (χ4v) is 3.05. The molecule has 1 fully saturated rings. The van der Waals surface area contributed by atoms with E-state index < -0.39 is 0 Å². The predicted octanol–water partition coefficient (Wildman–Crippen LogP) is 3.92. The van der Waals surface area contributed by atoms with Crippen LogP contribution in [0.15, 0.2) is 54.6 Å². The molecule has 0 heterocycles. The molecular weight excluding hydrogens is 180 g/mol. The second-order valence-corrected chi connectivity index (χ2v) is 4.61. The lowest BCUT2D eigenvalue weighted by molar-refractivity contribution is 0.508. The van der Waals surface area contributed by atoms with Crippen molar-refractivity contribution in [2.45, 2.75) is 18.8 Å². The molecule has 0 radical (unpaired) electrons. The lowest BCUT2D eigenvalue weighted by Crippen LogP contribution is -2.11. The van der Waals surface area contributed by atoms with Gasteiger partial charge in [-0.3, -0.25) is 0 Å². The average Bonchev–Trinajstić information content (AvgIpc) is 2.74. The normalized spacial score (nSPS) is 32.9. The molecule has 0 aliphatic heterocycles. The standard InChI is InChI=1S/C15H16/c1-2-6-12(7-3-1)15-11-10-13-8-4-5-9-14(13)15/h1-9,13-15H,10-11H2. The molecule has 0 spiro atoms. The summed E-state index contributed by atoms with van der Waals surface area (Å²) in [5.41, 5.74) is 1.52. The van der Waals surface area contributed by atoms with E-state index in [0.29, 0.717) is 0 Å². The molecule has 76 valence electrons. The van der Waals surface area contributed by atoms with Gasteiger partial charge in [0.2, 0.25) is 0 Å². The van der Waals surface area contributed by atoms with Crippen molar-refractivity contribution >= 4 is 0 Å². The van der Waals surface area contributed by atoms with Crippen molar-refractivity contribution < 1.29 is 0 Å². The second kappa shape index (κ2) is 3.69. The second-order valence-electron chi connectivity index (χ2n) is 4.61. The van der Waals surface area contributed by atoms with Crippen molar-refractivity contribution in [1.82, 2.24) is 0 Å². The molecular formula is C15H16. The largest absolute Gasteiger partial charge is 0.0808 e. The highest BCUT2D eigenvalue weighted by Gasteiger charge is 2.34.